The summed E-state index contributed by atoms with van der Waals surface area (Å²) in [5, 5.41) is 17.6. The van der Waals surface area contributed by atoms with Crippen LogP contribution in [0.5, 0.6) is 0 Å². The van der Waals surface area contributed by atoms with Crippen molar-refractivity contribution in [2.24, 2.45) is 46.3 Å². The molecule has 0 aromatic rings. The van der Waals surface area contributed by atoms with E-state index in [1.165, 1.54) is 20.6 Å². The summed E-state index contributed by atoms with van der Waals surface area (Å²) in [6, 6.07) is -0.896. The first kappa shape index (κ1) is 36.5. The highest BCUT2D eigenvalue weighted by Gasteiger charge is 2.63. The van der Waals surface area contributed by atoms with Gasteiger partial charge in [-0.25, -0.2) is 9.59 Å². The highest BCUT2D eigenvalue weighted by molar-refractivity contribution is 5.83. The van der Waals surface area contributed by atoms with Crippen LogP contribution in [0.15, 0.2) is 0 Å². The van der Waals surface area contributed by atoms with Crippen molar-refractivity contribution < 1.29 is 38.5 Å². The minimum atomic E-state index is -0.968. The van der Waals surface area contributed by atoms with Gasteiger partial charge in [0, 0.05) is 18.9 Å². The van der Waals surface area contributed by atoms with Gasteiger partial charge in [-0.15, -0.1) is 0 Å². The topological polar surface area (TPSA) is 140 Å². The van der Waals surface area contributed by atoms with Crippen molar-refractivity contribution in [2.45, 2.75) is 142 Å². The van der Waals surface area contributed by atoms with E-state index in [0.29, 0.717) is 41.9 Å². The molecule has 0 bridgehead atoms. The van der Waals surface area contributed by atoms with E-state index < -0.39 is 23.7 Å². The smallest absolute Gasteiger partial charge is 0.408 e. The monoisotopic (exact) mass is 648 g/mol. The fraction of sp³-hybridized carbons (Fsp3) is 0.889. The van der Waals surface area contributed by atoms with Crippen molar-refractivity contribution >= 4 is 23.9 Å². The Kier molecular flexibility index (Phi) is 11.4. The Labute approximate surface area is 275 Å². The molecule has 0 aliphatic heterocycles. The molecular weight excluding hydrogens is 588 g/mol. The van der Waals surface area contributed by atoms with Crippen LogP contribution in [0.4, 0.5) is 4.79 Å². The molecule has 4 saturated carbocycles. The molecule has 0 aromatic heterocycles. The molecule has 10 heteroatoms. The first-order valence-electron chi connectivity index (χ1n) is 17.6. The number of hydrogen-bond donors (Lipinski definition) is 3. The van der Waals surface area contributed by atoms with E-state index in [-0.39, 0.29) is 47.7 Å². The van der Waals surface area contributed by atoms with E-state index in [1.807, 2.05) is 0 Å². The second-order valence-electron chi connectivity index (χ2n) is 16.3. The van der Waals surface area contributed by atoms with Gasteiger partial charge in [0.2, 0.25) is 5.91 Å². The SMILES string of the molecule is COC(=O)CC[C@@H](C)[C@H]1CC[C@H]2[C@@H]3CC[C@@H]4C[C@@H](NC(=O)CC[C@H](NC(=O)OC(C)(C)C)C(=O)OC)CC[C@]4(C)[C@H]3C[C@H](O)[C@]12C. The number of hydrogen-bond acceptors (Lipinski definition) is 8. The second-order valence-corrected chi connectivity index (χ2v) is 16.3. The van der Waals surface area contributed by atoms with Crippen LogP contribution < -0.4 is 10.6 Å². The van der Waals surface area contributed by atoms with Crippen molar-refractivity contribution in [1.82, 2.24) is 10.6 Å². The Bertz CT molecular complexity index is 1120. The molecule has 4 rings (SSSR count). The van der Waals surface area contributed by atoms with Gasteiger partial charge >= 0.3 is 18.0 Å². The zero-order valence-corrected chi connectivity index (χ0v) is 29.5. The first-order valence-corrected chi connectivity index (χ1v) is 17.6. The van der Waals surface area contributed by atoms with Gasteiger partial charge in [0.15, 0.2) is 0 Å². The molecule has 2 amide bonds. The third-order valence-electron chi connectivity index (χ3n) is 12.8. The molecule has 0 aromatic carbocycles. The number of methoxy groups -OCH3 is 2. The lowest BCUT2D eigenvalue weighted by molar-refractivity contribution is -0.170. The average Bonchev–Trinajstić information content (AvgIpc) is 3.35. The van der Waals surface area contributed by atoms with Crippen LogP contribution in [0, 0.1) is 46.3 Å². The number of esters is 2. The number of carbonyl (C=O) groups excluding carboxylic acids is 4. The number of aliphatic hydroxyl groups excluding tert-OH is 1. The quantitative estimate of drug-likeness (QED) is 0.207. The number of alkyl carbamates (subject to hydrolysis) is 1. The Morgan fingerprint density at radius 2 is 1.63 bits per heavy atom. The second kappa shape index (κ2) is 14.4. The molecule has 0 heterocycles. The fourth-order valence-electron chi connectivity index (χ4n) is 10.4. The number of nitrogens with one attached hydrogen (secondary N) is 2. The van der Waals surface area contributed by atoms with E-state index in [2.05, 4.69) is 31.4 Å². The third-order valence-corrected chi connectivity index (χ3v) is 12.8. The molecule has 0 radical (unpaired) electrons. The zero-order valence-electron chi connectivity index (χ0n) is 29.5. The maximum absolute atomic E-state index is 13.0. The van der Waals surface area contributed by atoms with Crippen LogP contribution >= 0.6 is 0 Å². The maximum atomic E-state index is 13.0. The average molecular weight is 649 g/mol. The number of ether oxygens (including phenoxy) is 3. The van der Waals surface area contributed by atoms with Crippen molar-refractivity contribution in [3.8, 4) is 0 Å². The summed E-state index contributed by atoms with van der Waals surface area (Å²) in [5.41, 5.74) is -0.698. The van der Waals surface area contributed by atoms with Gasteiger partial charge in [-0.05, 0) is 131 Å². The van der Waals surface area contributed by atoms with E-state index in [9.17, 15) is 24.3 Å². The Morgan fingerprint density at radius 3 is 2.28 bits per heavy atom. The summed E-state index contributed by atoms with van der Waals surface area (Å²) in [4.78, 5) is 49.4. The lowest BCUT2D eigenvalue weighted by Gasteiger charge is -2.62. The van der Waals surface area contributed by atoms with Gasteiger partial charge in [0.1, 0.15) is 11.6 Å². The van der Waals surface area contributed by atoms with E-state index in [4.69, 9.17) is 14.2 Å². The molecule has 0 spiro atoms. The summed E-state index contributed by atoms with van der Waals surface area (Å²) in [5.74, 6) is 1.93. The van der Waals surface area contributed by atoms with Gasteiger partial charge in [-0.2, -0.15) is 0 Å². The Morgan fingerprint density at radius 1 is 0.913 bits per heavy atom. The van der Waals surface area contributed by atoms with Crippen molar-refractivity contribution in [3.63, 3.8) is 0 Å². The van der Waals surface area contributed by atoms with Crippen LogP contribution in [-0.4, -0.2) is 67.1 Å². The molecule has 4 aliphatic carbocycles. The van der Waals surface area contributed by atoms with Gasteiger partial charge in [-0.1, -0.05) is 20.8 Å². The summed E-state index contributed by atoms with van der Waals surface area (Å²) in [6.45, 7) is 12.2. The van der Waals surface area contributed by atoms with E-state index >= 15 is 0 Å². The number of rotatable bonds is 10. The first-order chi connectivity index (χ1) is 21.5. The van der Waals surface area contributed by atoms with Crippen molar-refractivity contribution in [2.75, 3.05) is 14.2 Å². The van der Waals surface area contributed by atoms with Gasteiger partial charge in [0.05, 0.1) is 20.3 Å². The van der Waals surface area contributed by atoms with Crippen molar-refractivity contribution in [3.05, 3.63) is 0 Å². The number of fused-ring (bicyclic) bond motifs is 5. The van der Waals surface area contributed by atoms with E-state index in [0.717, 1.165) is 51.4 Å². The van der Waals surface area contributed by atoms with Crippen LogP contribution in [0.3, 0.4) is 0 Å². The minimum Gasteiger partial charge on any atom is -0.469 e. The van der Waals surface area contributed by atoms with Crippen LogP contribution in [0.2, 0.25) is 0 Å². The van der Waals surface area contributed by atoms with E-state index in [1.54, 1.807) is 20.8 Å². The predicted octanol–water partition coefficient (Wildman–Crippen LogP) is 5.54. The molecule has 10 nitrogen and oxygen atoms in total. The largest absolute Gasteiger partial charge is 0.469 e. The molecule has 46 heavy (non-hydrogen) atoms. The highest BCUT2D eigenvalue weighted by atomic mass is 16.6. The molecule has 4 aliphatic rings. The third kappa shape index (κ3) is 7.68. The molecule has 4 fully saturated rings. The Hall–Kier alpha value is -2.36. The maximum Gasteiger partial charge on any atom is 0.408 e. The van der Waals surface area contributed by atoms with Gasteiger partial charge < -0.3 is 30.0 Å². The molecular formula is C36H60N2O8. The molecule has 262 valence electrons. The summed E-state index contributed by atoms with van der Waals surface area (Å²) >= 11 is 0. The minimum absolute atomic E-state index is 0.0721. The number of aliphatic hydroxyl groups is 1. The molecule has 3 N–H and O–H groups in total. The van der Waals surface area contributed by atoms with Crippen molar-refractivity contribution in [1.29, 1.82) is 0 Å². The molecule has 11 atom stereocenters. The molecule has 0 saturated heterocycles. The van der Waals surface area contributed by atoms with Crippen LogP contribution in [0.1, 0.15) is 119 Å². The lowest BCUT2D eigenvalue weighted by Crippen LogP contribution is -2.59. The fourth-order valence-corrected chi connectivity index (χ4v) is 10.4. The molecule has 0 unspecified atom stereocenters. The standard InChI is InChI=1S/C36H60N2O8/c1-21(9-16-31(41)44-7)25-12-13-26-24-11-10-22-19-23(17-18-35(22,5)27(24)20-29(39)36(25,26)6)37-30(40)15-14-28(32(42)45-8)38-33(43)46-34(2,3)4/h21-29,39H,9-20H2,1-8H3,(H,37,40)(H,38,43)/t21-,22-,23+,24+,25-,26+,27+,28+,29+,35+,36-/m1/s1. The lowest BCUT2D eigenvalue weighted by atomic mass is 9.43. The predicted molar refractivity (Wildman–Crippen MR) is 173 cm³/mol. The summed E-state index contributed by atoms with van der Waals surface area (Å²) in [7, 11) is 2.70. The zero-order chi connectivity index (χ0) is 34.0. The number of carbonyl (C=O) groups is 4. The number of amides is 2. The summed E-state index contributed by atoms with van der Waals surface area (Å²) < 4.78 is 15.0. The highest BCUT2D eigenvalue weighted by Crippen LogP contribution is 2.68. The normalized spacial score (nSPS) is 36.6. The Balaban J connectivity index is 1.33. The van der Waals surface area contributed by atoms with Crippen LogP contribution in [0.25, 0.3) is 0 Å². The summed E-state index contributed by atoms with van der Waals surface area (Å²) in [6.07, 6.45) is 8.61. The van der Waals surface area contributed by atoms with Gasteiger partial charge in [0.25, 0.3) is 0 Å². The van der Waals surface area contributed by atoms with Gasteiger partial charge in [-0.3, -0.25) is 9.59 Å². The van der Waals surface area contributed by atoms with Crippen LogP contribution in [-0.2, 0) is 28.6 Å².